The maximum Gasteiger partial charge on any atom is 0.317 e. The molecule has 1 saturated heterocycles. The van der Waals surface area contributed by atoms with Gasteiger partial charge < -0.3 is 15.3 Å². The van der Waals surface area contributed by atoms with Gasteiger partial charge in [-0.2, -0.15) is 0 Å². The van der Waals surface area contributed by atoms with Crippen LogP contribution in [0.5, 0.6) is 0 Å². The van der Waals surface area contributed by atoms with E-state index in [2.05, 4.69) is 16.8 Å². The van der Waals surface area contributed by atoms with Gasteiger partial charge in [0.1, 0.15) is 0 Å². The average molecular weight is 309 g/mol. The molecule has 0 unspecified atom stereocenters. The van der Waals surface area contributed by atoms with Gasteiger partial charge in [0, 0.05) is 45.2 Å². The third-order valence-electron chi connectivity index (χ3n) is 5.03. The van der Waals surface area contributed by atoms with Crippen LogP contribution >= 0.6 is 0 Å². The first-order chi connectivity index (χ1) is 10.6. The van der Waals surface area contributed by atoms with Crippen LogP contribution in [0.1, 0.15) is 38.5 Å². The highest BCUT2D eigenvalue weighted by atomic mass is 16.3. The van der Waals surface area contributed by atoms with E-state index in [9.17, 15) is 9.90 Å². The standard InChI is InChI=1S/C17H31N3O2/c1-3-10-20-11-8-15(9-12-20)18-17(22)19(2)13-14-6-4-5-7-16(14)21/h3,14-16,21H,1,4-13H2,2H3,(H,18,22)/t14-,16+/m1/s1. The van der Waals surface area contributed by atoms with Gasteiger partial charge in [0.2, 0.25) is 0 Å². The fourth-order valence-electron chi connectivity index (χ4n) is 3.56. The topological polar surface area (TPSA) is 55.8 Å². The second-order valence-electron chi connectivity index (χ2n) is 6.81. The number of piperidine rings is 1. The van der Waals surface area contributed by atoms with Crippen molar-refractivity contribution in [1.82, 2.24) is 15.1 Å². The maximum atomic E-state index is 12.3. The number of hydrogen-bond acceptors (Lipinski definition) is 3. The van der Waals surface area contributed by atoms with E-state index in [1.165, 1.54) is 6.42 Å². The summed E-state index contributed by atoms with van der Waals surface area (Å²) in [5.74, 6) is 0.235. The molecule has 1 heterocycles. The lowest BCUT2D eigenvalue weighted by Crippen LogP contribution is -2.49. The molecule has 22 heavy (non-hydrogen) atoms. The molecule has 0 spiro atoms. The van der Waals surface area contributed by atoms with E-state index in [0.717, 1.165) is 51.7 Å². The minimum absolute atomic E-state index is 0.0000517. The minimum Gasteiger partial charge on any atom is -0.393 e. The number of hydrogen-bond donors (Lipinski definition) is 2. The van der Waals surface area contributed by atoms with Crippen molar-refractivity contribution in [2.24, 2.45) is 5.92 Å². The molecule has 0 bridgehead atoms. The summed E-state index contributed by atoms with van der Waals surface area (Å²) < 4.78 is 0. The first kappa shape index (κ1) is 17.3. The van der Waals surface area contributed by atoms with Gasteiger partial charge >= 0.3 is 6.03 Å². The summed E-state index contributed by atoms with van der Waals surface area (Å²) >= 11 is 0. The highest BCUT2D eigenvalue weighted by molar-refractivity contribution is 5.74. The molecule has 1 saturated carbocycles. The molecule has 1 aliphatic heterocycles. The molecule has 5 nitrogen and oxygen atoms in total. The SMILES string of the molecule is C=CCN1CCC(NC(=O)N(C)C[C@H]2CCCC[C@@H]2O)CC1. The monoisotopic (exact) mass is 309 g/mol. The average Bonchev–Trinajstić information content (AvgIpc) is 2.51. The number of carbonyl (C=O) groups excluding carboxylic acids is 1. The van der Waals surface area contributed by atoms with Crippen molar-refractivity contribution in [3.8, 4) is 0 Å². The molecular formula is C17H31N3O2. The molecule has 0 radical (unpaired) electrons. The molecule has 2 N–H and O–H groups in total. The quantitative estimate of drug-likeness (QED) is 0.762. The Morgan fingerprint density at radius 2 is 2.00 bits per heavy atom. The zero-order valence-electron chi connectivity index (χ0n) is 13.8. The smallest absolute Gasteiger partial charge is 0.317 e. The van der Waals surface area contributed by atoms with E-state index in [1.54, 1.807) is 4.90 Å². The van der Waals surface area contributed by atoms with E-state index in [1.807, 2.05) is 13.1 Å². The number of carbonyl (C=O) groups is 1. The fraction of sp³-hybridized carbons (Fsp3) is 0.824. The van der Waals surface area contributed by atoms with E-state index < -0.39 is 0 Å². The van der Waals surface area contributed by atoms with Crippen LogP contribution < -0.4 is 5.32 Å². The Morgan fingerprint density at radius 3 is 2.64 bits per heavy atom. The molecule has 2 atom stereocenters. The number of nitrogens with zero attached hydrogens (tertiary/aromatic N) is 2. The Morgan fingerprint density at radius 1 is 1.32 bits per heavy atom. The summed E-state index contributed by atoms with van der Waals surface area (Å²) in [4.78, 5) is 16.4. The van der Waals surface area contributed by atoms with Gasteiger partial charge in [0.25, 0.3) is 0 Å². The molecule has 0 aromatic carbocycles. The third kappa shape index (κ3) is 4.99. The summed E-state index contributed by atoms with van der Waals surface area (Å²) in [7, 11) is 1.84. The van der Waals surface area contributed by atoms with Crippen LogP contribution in [0, 0.1) is 5.92 Å². The normalized spacial score (nSPS) is 27.4. The number of amides is 2. The van der Waals surface area contributed by atoms with Gasteiger partial charge in [0.05, 0.1) is 6.10 Å². The predicted molar refractivity (Wildman–Crippen MR) is 88.8 cm³/mol. The van der Waals surface area contributed by atoms with E-state index in [0.29, 0.717) is 6.54 Å². The highest BCUT2D eigenvalue weighted by Crippen LogP contribution is 2.24. The largest absolute Gasteiger partial charge is 0.393 e. The predicted octanol–water partition coefficient (Wildman–Crippen LogP) is 1.83. The fourth-order valence-corrected chi connectivity index (χ4v) is 3.56. The van der Waals surface area contributed by atoms with Crippen molar-refractivity contribution < 1.29 is 9.90 Å². The molecule has 1 aliphatic carbocycles. The molecule has 2 amide bonds. The first-order valence-corrected chi connectivity index (χ1v) is 8.63. The van der Waals surface area contributed by atoms with Gasteiger partial charge in [-0.25, -0.2) is 4.79 Å². The van der Waals surface area contributed by atoms with Crippen molar-refractivity contribution >= 4 is 6.03 Å². The molecule has 2 rings (SSSR count). The second-order valence-corrected chi connectivity index (χ2v) is 6.81. The van der Waals surface area contributed by atoms with E-state index >= 15 is 0 Å². The number of likely N-dealkylation sites (tertiary alicyclic amines) is 1. The summed E-state index contributed by atoms with van der Waals surface area (Å²) in [6.45, 7) is 7.39. The van der Waals surface area contributed by atoms with Crippen molar-refractivity contribution in [2.75, 3.05) is 33.2 Å². The first-order valence-electron chi connectivity index (χ1n) is 8.63. The van der Waals surface area contributed by atoms with E-state index in [4.69, 9.17) is 0 Å². The lowest BCUT2D eigenvalue weighted by Gasteiger charge is -2.34. The Bertz CT molecular complexity index is 367. The summed E-state index contributed by atoms with van der Waals surface area (Å²) in [5, 5.41) is 13.2. The summed E-state index contributed by atoms with van der Waals surface area (Å²) in [6.07, 6.45) is 7.86. The lowest BCUT2D eigenvalue weighted by atomic mass is 9.86. The van der Waals surface area contributed by atoms with Gasteiger partial charge in [-0.3, -0.25) is 4.90 Å². The molecular weight excluding hydrogens is 278 g/mol. The highest BCUT2D eigenvalue weighted by Gasteiger charge is 2.27. The molecule has 5 heteroatoms. The summed E-state index contributed by atoms with van der Waals surface area (Å²) in [6, 6.07) is 0.271. The van der Waals surface area contributed by atoms with Crippen molar-refractivity contribution in [3.63, 3.8) is 0 Å². The van der Waals surface area contributed by atoms with Gasteiger partial charge in [0.15, 0.2) is 0 Å². The second kappa shape index (κ2) is 8.53. The van der Waals surface area contributed by atoms with E-state index in [-0.39, 0.29) is 24.1 Å². The van der Waals surface area contributed by atoms with Crippen molar-refractivity contribution in [3.05, 3.63) is 12.7 Å². The van der Waals surface area contributed by atoms with Crippen LogP contribution in [-0.4, -0.2) is 66.3 Å². The molecule has 2 fully saturated rings. The number of urea groups is 1. The van der Waals surface area contributed by atoms with Crippen LogP contribution in [0.15, 0.2) is 12.7 Å². The molecule has 2 aliphatic rings. The number of nitrogens with one attached hydrogen (secondary N) is 1. The van der Waals surface area contributed by atoms with Crippen molar-refractivity contribution in [2.45, 2.75) is 50.7 Å². The molecule has 0 aromatic heterocycles. The van der Waals surface area contributed by atoms with Crippen LogP contribution in [0.4, 0.5) is 4.79 Å². The zero-order valence-corrected chi connectivity index (χ0v) is 13.8. The van der Waals surface area contributed by atoms with Crippen LogP contribution in [0.2, 0.25) is 0 Å². The molecule has 0 aromatic rings. The van der Waals surface area contributed by atoms with Crippen molar-refractivity contribution in [1.29, 1.82) is 0 Å². The Kier molecular flexibility index (Phi) is 6.70. The number of aliphatic hydroxyl groups is 1. The van der Waals surface area contributed by atoms with Crippen LogP contribution in [-0.2, 0) is 0 Å². The Hall–Kier alpha value is -1.07. The third-order valence-corrected chi connectivity index (χ3v) is 5.03. The van der Waals surface area contributed by atoms with Gasteiger partial charge in [-0.1, -0.05) is 18.9 Å². The molecule has 126 valence electrons. The number of aliphatic hydroxyl groups excluding tert-OH is 1. The van der Waals surface area contributed by atoms with Crippen LogP contribution in [0.25, 0.3) is 0 Å². The minimum atomic E-state index is -0.244. The van der Waals surface area contributed by atoms with Crippen LogP contribution in [0.3, 0.4) is 0 Å². The maximum absolute atomic E-state index is 12.3. The lowest BCUT2D eigenvalue weighted by molar-refractivity contribution is 0.0560. The van der Waals surface area contributed by atoms with Gasteiger partial charge in [-0.15, -0.1) is 6.58 Å². The Labute approximate surface area is 134 Å². The summed E-state index contributed by atoms with van der Waals surface area (Å²) in [5.41, 5.74) is 0. The van der Waals surface area contributed by atoms with Gasteiger partial charge in [-0.05, 0) is 25.7 Å². The number of rotatable bonds is 5. The zero-order chi connectivity index (χ0) is 15.9. The Balaban J connectivity index is 1.71.